The molecule has 6 rings (SSSR count). The average Bonchev–Trinajstić information content (AvgIpc) is 2.86. The van der Waals surface area contributed by atoms with Gasteiger partial charge in [-0.1, -0.05) is 69.8 Å². The van der Waals surface area contributed by atoms with E-state index in [9.17, 15) is 0 Å². The van der Waals surface area contributed by atoms with Gasteiger partial charge in [0.05, 0.1) is 11.1 Å². The van der Waals surface area contributed by atoms with Crippen molar-refractivity contribution in [2.45, 2.75) is 26.8 Å². The molecule has 1 atom stereocenters. The summed E-state index contributed by atoms with van der Waals surface area (Å²) in [5, 5.41) is 0. The summed E-state index contributed by atoms with van der Waals surface area (Å²) >= 11 is 0. The average molecular weight is 447 g/mol. The quantitative estimate of drug-likeness (QED) is 0.341. The molecule has 0 radical (unpaired) electrons. The molecule has 4 nitrogen and oxygen atoms in total. The highest BCUT2D eigenvalue weighted by Gasteiger charge is 2.66. The number of fused-ring (bicyclic) bond motifs is 2. The Morgan fingerprint density at radius 1 is 0.529 bits per heavy atom. The van der Waals surface area contributed by atoms with Crippen molar-refractivity contribution in [3.8, 4) is 11.5 Å². The first-order valence-electron chi connectivity index (χ1n) is 11.5. The Hall–Kier alpha value is -4.18. The molecule has 0 saturated carbocycles. The lowest BCUT2D eigenvalue weighted by molar-refractivity contribution is -0.855. The molecular formula is C30H26N2O2+2. The SMILES string of the molecule is Cc1ccccc1[N+]1=Cc2cccc(C)c2O[C@]12Oc1c(C)cccc1C=[N+]2c1ccccc1. The van der Waals surface area contributed by atoms with Crippen LogP contribution in [0.3, 0.4) is 0 Å². The summed E-state index contributed by atoms with van der Waals surface area (Å²) in [6, 6.07) is 29.7. The maximum atomic E-state index is 6.96. The van der Waals surface area contributed by atoms with Crippen molar-refractivity contribution in [1.29, 1.82) is 0 Å². The molecule has 34 heavy (non-hydrogen) atoms. The second-order valence-corrected chi connectivity index (χ2v) is 8.86. The van der Waals surface area contributed by atoms with Crippen molar-refractivity contribution in [1.82, 2.24) is 0 Å². The molecule has 0 amide bonds. The third-order valence-electron chi connectivity index (χ3n) is 6.51. The van der Waals surface area contributed by atoms with Crippen LogP contribution in [0.5, 0.6) is 11.5 Å². The summed E-state index contributed by atoms with van der Waals surface area (Å²) in [6.07, 6.45) is 4.27. The largest absolute Gasteiger partial charge is 0.714 e. The highest BCUT2D eigenvalue weighted by atomic mass is 16.7. The zero-order chi connectivity index (χ0) is 23.3. The number of aryl methyl sites for hydroxylation is 3. The smallest absolute Gasteiger partial charge is 0.340 e. The third-order valence-corrected chi connectivity index (χ3v) is 6.51. The van der Waals surface area contributed by atoms with E-state index in [4.69, 9.17) is 9.47 Å². The van der Waals surface area contributed by atoms with E-state index in [1.165, 1.54) is 0 Å². The molecular weight excluding hydrogens is 420 g/mol. The van der Waals surface area contributed by atoms with Crippen LogP contribution in [0.25, 0.3) is 0 Å². The van der Waals surface area contributed by atoms with Gasteiger partial charge in [0.15, 0.2) is 23.9 Å². The van der Waals surface area contributed by atoms with Crippen molar-refractivity contribution in [2.24, 2.45) is 0 Å². The van der Waals surface area contributed by atoms with Gasteiger partial charge in [-0.2, -0.15) is 0 Å². The topological polar surface area (TPSA) is 24.5 Å². The van der Waals surface area contributed by atoms with Gasteiger partial charge in [-0.3, -0.25) is 0 Å². The number of nitrogens with zero attached hydrogens (tertiary/aromatic N) is 2. The molecule has 0 N–H and O–H groups in total. The van der Waals surface area contributed by atoms with Gasteiger partial charge in [0.25, 0.3) is 0 Å². The predicted molar refractivity (Wildman–Crippen MR) is 134 cm³/mol. The van der Waals surface area contributed by atoms with E-state index in [0.29, 0.717) is 0 Å². The van der Waals surface area contributed by atoms with Crippen LogP contribution < -0.4 is 9.47 Å². The Kier molecular flexibility index (Phi) is 4.63. The van der Waals surface area contributed by atoms with Gasteiger partial charge >= 0.3 is 6.03 Å². The number of ether oxygens (including phenoxy) is 2. The van der Waals surface area contributed by atoms with Gasteiger partial charge in [-0.25, -0.2) is 0 Å². The van der Waals surface area contributed by atoms with Gasteiger partial charge < -0.3 is 9.47 Å². The fraction of sp³-hybridized carbons (Fsp3) is 0.133. The first-order valence-corrected chi connectivity index (χ1v) is 11.5. The van der Waals surface area contributed by atoms with Crippen LogP contribution in [0.4, 0.5) is 11.4 Å². The van der Waals surface area contributed by atoms with Crippen LogP contribution in [0.2, 0.25) is 0 Å². The van der Waals surface area contributed by atoms with Crippen molar-refractivity contribution in [3.05, 3.63) is 119 Å². The van der Waals surface area contributed by atoms with Crippen molar-refractivity contribution >= 4 is 23.8 Å². The van der Waals surface area contributed by atoms with E-state index < -0.39 is 6.03 Å². The maximum Gasteiger partial charge on any atom is 0.714 e. The van der Waals surface area contributed by atoms with E-state index in [1.807, 2.05) is 24.3 Å². The molecule has 0 aliphatic carbocycles. The van der Waals surface area contributed by atoms with Crippen LogP contribution in [-0.2, 0) is 0 Å². The van der Waals surface area contributed by atoms with E-state index in [2.05, 4.69) is 109 Å². The Bertz CT molecular complexity index is 1480. The molecule has 4 heteroatoms. The molecule has 4 aromatic carbocycles. The van der Waals surface area contributed by atoms with E-state index >= 15 is 0 Å². The highest BCUT2D eigenvalue weighted by molar-refractivity contribution is 5.84. The van der Waals surface area contributed by atoms with Crippen LogP contribution in [0, 0.1) is 20.8 Å². The lowest BCUT2D eigenvalue weighted by Crippen LogP contribution is -2.62. The highest BCUT2D eigenvalue weighted by Crippen LogP contribution is 2.42. The summed E-state index contributed by atoms with van der Waals surface area (Å²) in [4.78, 5) is 0. The third kappa shape index (κ3) is 3.06. The van der Waals surface area contributed by atoms with Gasteiger partial charge in [-0.15, -0.1) is 0 Å². The zero-order valence-corrected chi connectivity index (χ0v) is 19.5. The normalized spacial score (nSPS) is 18.2. The van der Waals surface area contributed by atoms with E-state index in [1.54, 1.807) is 0 Å². The van der Waals surface area contributed by atoms with Crippen molar-refractivity contribution < 1.29 is 18.6 Å². The van der Waals surface area contributed by atoms with Crippen molar-refractivity contribution in [2.75, 3.05) is 0 Å². The summed E-state index contributed by atoms with van der Waals surface area (Å²) in [5.41, 5.74) is 7.26. The fourth-order valence-electron chi connectivity index (χ4n) is 4.76. The second-order valence-electron chi connectivity index (χ2n) is 8.86. The molecule has 0 unspecified atom stereocenters. The Balaban J connectivity index is 1.71. The minimum Gasteiger partial charge on any atom is -0.340 e. The molecule has 2 aliphatic heterocycles. The zero-order valence-electron chi connectivity index (χ0n) is 19.5. The molecule has 2 heterocycles. The number of hydrogen-bond donors (Lipinski definition) is 0. The standard InChI is InChI=1S/C30H26N2O2/c1-21-11-7-8-18-27(21)32-20-25-15-10-13-23(3)29(25)34-30(32)31(26-16-5-4-6-17-26)19-24-14-9-12-22(2)28(24)33-30/h4-20H,1-3H3/q+2/t30-/m0/s1. The van der Waals surface area contributed by atoms with Gasteiger partial charge in [0, 0.05) is 23.8 Å². The number of rotatable bonds is 2. The molecule has 166 valence electrons. The minimum atomic E-state index is -1.29. The minimum absolute atomic E-state index is 0.818. The van der Waals surface area contributed by atoms with Crippen LogP contribution in [-0.4, -0.2) is 27.6 Å². The Morgan fingerprint density at radius 3 is 1.68 bits per heavy atom. The Labute approximate surface area is 199 Å². The lowest BCUT2D eigenvalue weighted by Gasteiger charge is -2.32. The van der Waals surface area contributed by atoms with Gasteiger partial charge in [-0.05, 0) is 44.0 Å². The van der Waals surface area contributed by atoms with Crippen LogP contribution in [0.1, 0.15) is 27.8 Å². The van der Waals surface area contributed by atoms with Gasteiger partial charge in [0.2, 0.25) is 11.4 Å². The number of hydrogen-bond acceptors (Lipinski definition) is 2. The predicted octanol–water partition coefficient (Wildman–Crippen LogP) is 6.23. The van der Waals surface area contributed by atoms with Crippen LogP contribution in [0.15, 0.2) is 91.0 Å². The monoisotopic (exact) mass is 446 g/mol. The fourth-order valence-corrected chi connectivity index (χ4v) is 4.76. The second kappa shape index (κ2) is 7.70. The molecule has 1 spiro atoms. The number of para-hydroxylation sites is 4. The molecule has 0 fully saturated rings. The maximum absolute atomic E-state index is 6.96. The van der Waals surface area contributed by atoms with Crippen molar-refractivity contribution in [3.63, 3.8) is 0 Å². The number of benzene rings is 4. The molecule has 0 saturated heterocycles. The summed E-state index contributed by atoms with van der Waals surface area (Å²) in [5.74, 6) is 1.64. The Morgan fingerprint density at radius 2 is 1.06 bits per heavy atom. The first kappa shape index (κ1) is 20.4. The molecule has 2 aliphatic rings. The van der Waals surface area contributed by atoms with E-state index in [0.717, 1.165) is 50.7 Å². The van der Waals surface area contributed by atoms with Gasteiger partial charge in [0.1, 0.15) is 0 Å². The molecule has 0 aromatic heterocycles. The molecule has 0 bridgehead atoms. The van der Waals surface area contributed by atoms with E-state index in [-0.39, 0.29) is 0 Å². The summed E-state index contributed by atoms with van der Waals surface area (Å²) in [7, 11) is 0. The first-order chi connectivity index (χ1) is 16.6. The molecule has 4 aromatic rings. The van der Waals surface area contributed by atoms with Crippen LogP contribution >= 0.6 is 0 Å². The summed E-state index contributed by atoms with van der Waals surface area (Å²) in [6.45, 7) is 6.26. The summed E-state index contributed by atoms with van der Waals surface area (Å²) < 4.78 is 18.1. The lowest BCUT2D eigenvalue weighted by atomic mass is 10.1.